The minimum Gasteiger partial charge on any atom is -0.468 e. The summed E-state index contributed by atoms with van der Waals surface area (Å²) in [5, 5.41) is 3.35. The van der Waals surface area contributed by atoms with Gasteiger partial charge in [0.2, 0.25) is 0 Å². The minimum absolute atomic E-state index is 0.176. The van der Waals surface area contributed by atoms with E-state index in [0.717, 1.165) is 38.9 Å². The zero-order chi connectivity index (χ0) is 15.9. The maximum absolute atomic E-state index is 12.0. The minimum atomic E-state index is -0.598. The molecule has 1 saturated heterocycles. The van der Waals surface area contributed by atoms with Crippen LogP contribution in [0.2, 0.25) is 0 Å². The van der Waals surface area contributed by atoms with Crippen molar-refractivity contribution in [2.75, 3.05) is 33.9 Å². The van der Waals surface area contributed by atoms with Crippen LogP contribution in [0.25, 0.3) is 0 Å². The van der Waals surface area contributed by atoms with Crippen molar-refractivity contribution in [1.29, 1.82) is 0 Å². The summed E-state index contributed by atoms with van der Waals surface area (Å²) in [5.74, 6) is -0.176. The molecule has 21 heavy (non-hydrogen) atoms. The lowest BCUT2D eigenvalue weighted by Crippen LogP contribution is -2.53. The average Bonchev–Trinajstić information content (AvgIpc) is 2.45. The first-order valence-electron chi connectivity index (χ1n) is 8.02. The molecule has 2 unspecified atom stereocenters. The van der Waals surface area contributed by atoms with Gasteiger partial charge in [-0.2, -0.15) is 0 Å². The van der Waals surface area contributed by atoms with Gasteiger partial charge < -0.3 is 14.4 Å². The van der Waals surface area contributed by atoms with Crippen LogP contribution >= 0.6 is 0 Å². The highest BCUT2D eigenvalue weighted by atomic mass is 16.5. The van der Waals surface area contributed by atoms with Crippen LogP contribution in [-0.4, -0.2) is 62.4 Å². The van der Waals surface area contributed by atoms with E-state index in [-0.39, 0.29) is 12.0 Å². The summed E-state index contributed by atoms with van der Waals surface area (Å²) >= 11 is 0. The Morgan fingerprint density at radius 1 is 1.43 bits per heavy atom. The number of carbonyl (C=O) groups is 1. The van der Waals surface area contributed by atoms with E-state index in [4.69, 9.17) is 9.47 Å². The van der Waals surface area contributed by atoms with E-state index in [0.29, 0.717) is 6.10 Å². The summed E-state index contributed by atoms with van der Waals surface area (Å²) in [6, 6.07) is 0.252. The Bertz CT molecular complexity index is 323. The lowest BCUT2D eigenvalue weighted by molar-refractivity contribution is -0.148. The molecule has 1 heterocycles. The molecule has 124 valence electrons. The second kappa shape index (κ2) is 8.71. The molecule has 1 aliphatic heterocycles. The predicted molar refractivity (Wildman–Crippen MR) is 84.4 cm³/mol. The normalized spacial score (nSPS) is 23.0. The summed E-state index contributed by atoms with van der Waals surface area (Å²) < 4.78 is 10.4. The van der Waals surface area contributed by atoms with Gasteiger partial charge >= 0.3 is 5.97 Å². The average molecular weight is 300 g/mol. The van der Waals surface area contributed by atoms with E-state index >= 15 is 0 Å². The lowest BCUT2D eigenvalue weighted by atomic mass is 9.94. The molecular formula is C16H32N2O3. The summed E-state index contributed by atoms with van der Waals surface area (Å²) in [7, 11) is 3.24. The molecule has 1 fully saturated rings. The van der Waals surface area contributed by atoms with Crippen molar-refractivity contribution < 1.29 is 14.3 Å². The fourth-order valence-corrected chi connectivity index (χ4v) is 3.16. The zero-order valence-electron chi connectivity index (χ0n) is 14.3. The fraction of sp³-hybridized carbons (Fsp3) is 0.938. The Kier molecular flexibility index (Phi) is 7.63. The van der Waals surface area contributed by atoms with Crippen LogP contribution < -0.4 is 5.32 Å². The van der Waals surface area contributed by atoms with Gasteiger partial charge in [0.05, 0.1) is 13.2 Å². The van der Waals surface area contributed by atoms with Crippen molar-refractivity contribution >= 4 is 5.97 Å². The highest BCUT2D eigenvalue weighted by molar-refractivity contribution is 5.80. The zero-order valence-corrected chi connectivity index (χ0v) is 14.3. The number of carbonyl (C=O) groups excluding carboxylic acids is 1. The Balaban J connectivity index is 2.44. The third-order valence-corrected chi connectivity index (χ3v) is 4.19. The number of hydrogen-bond acceptors (Lipinski definition) is 5. The Hall–Kier alpha value is -0.650. The fourth-order valence-electron chi connectivity index (χ4n) is 3.16. The van der Waals surface area contributed by atoms with E-state index in [1.807, 2.05) is 6.92 Å². The highest BCUT2D eigenvalue weighted by Crippen LogP contribution is 2.18. The van der Waals surface area contributed by atoms with Crippen molar-refractivity contribution in [3.8, 4) is 0 Å². The summed E-state index contributed by atoms with van der Waals surface area (Å²) in [4.78, 5) is 14.5. The van der Waals surface area contributed by atoms with Crippen molar-refractivity contribution in [1.82, 2.24) is 10.2 Å². The highest BCUT2D eigenvalue weighted by Gasteiger charge is 2.34. The van der Waals surface area contributed by atoms with Crippen LogP contribution in [0.1, 0.15) is 46.5 Å². The number of piperidine rings is 1. The van der Waals surface area contributed by atoms with Gasteiger partial charge in [-0.25, -0.2) is 0 Å². The molecule has 0 aromatic carbocycles. The molecule has 0 aromatic rings. The van der Waals surface area contributed by atoms with E-state index < -0.39 is 5.54 Å². The first kappa shape index (κ1) is 18.4. The van der Waals surface area contributed by atoms with Crippen molar-refractivity contribution in [2.24, 2.45) is 0 Å². The summed E-state index contributed by atoms with van der Waals surface area (Å²) in [6.45, 7) is 9.18. The first-order chi connectivity index (χ1) is 9.91. The molecule has 2 atom stereocenters. The quantitative estimate of drug-likeness (QED) is 0.693. The van der Waals surface area contributed by atoms with Gasteiger partial charge in [0.25, 0.3) is 0 Å². The molecule has 5 heteroatoms. The van der Waals surface area contributed by atoms with Crippen LogP contribution in [0.15, 0.2) is 0 Å². The number of nitrogens with zero attached hydrogens (tertiary/aromatic N) is 1. The molecule has 5 nitrogen and oxygen atoms in total. The first-order valence-corrected chi connectivity index (χ1v) is 8.02. The Morgan fingerprint density at radius 2 is 2.14 bits per heavy atom. The largest absolute Gasteiger partial charge is 0.468 e. The maximum atomic E-state index is 12.0. The van der Waals surface area contributed by atoms with Gasteiger partial charge in [-0.05, 0) is 59.5 Å². The molecular weight excluding hydrogens is 268 g/mol. The second-order valence-corrected chi connectivity index (χ2v) is 6.53. The molecule has 1 aliphatic rings. The van der Waals surface area contributed by atoms with Gasteiger partial charge in [0.1, 0.15) is 5.54 Å². The van der Waals surface area contributed by atoms with Crippen LogP contribution in [0.5, 0.6) is 0 Å². The maximum Gasteiger partial charge on any atom is 0.325 e. The third-order valence-electron chi connectivity index (χ3n) is 4.19. The van der Waals surface area contributed by atoms with E-state index in [2.05, 4.69) is 24.1 Å². The van der Waals surface area contributed by atoms with E-state index in [1.54, 1.807) is 7.11 Å². The molecule has 0 amide bonds. The number of methoxy groups -OCH3 is 2. The van der Waals surface area contributed by atoms with Gasteiger partial charge in [-0.15, -0.1) is 0 Å². The third kappa shape index (κ3) is 5.93. The van der Waals surface area contributed by atoms with Crippen LogP contribution in [0.3, 0.4) is 0 Å². The van der Waals surface area contributed by atoms with Gasteiger partial charge in [0, 0.05) is 19.7 Å². The molecule has 1 N–H and O–H groups in total. The number of likely N-dealkylation sites (tertiary alicyclic amines) is 1. The molecule has 0 aromatic heterocycles. The molecule has 0 radical (unpaired) electrons. The van der Waals surface area contributed by atoms with Crippen molar-refractivity contribution in [3.63, 3.8) is 0 Å². The molecule has 0 bridgehead atoms. The number of esters is 1. The van der Waals surface area contributed by atoms with E-state index in [1.165, 1.54) is 13.5 Å². The summed E-state index contributed by atoms with van der Waals surface area (Å²) in [5.41, 5.74) is -0.598. The monoisotopic (exact) mass is 300 g/mol. The van der Waals surface area contributed by atoms with Crippen molar-refractivity contribution in [2.45, 2.75) is 64.1 Å². The van der Waals surface area contributed by atoms with E-state index in [9.17, 15) is 4.79 Å². The molecule has 0 spiro atoms. The standard InChI is InChI=1S/C16H32N2O3/c1-13(2)17-16(3,15(19)21-5)9-7-11-18-10-6-8-14(12-18)20-4/h13-14,17H,6-12H2,1-5H3. The van der Waals surface area contributed by atoms with Gasteiger partial charge in [-0.3, -0.25) is 10.1 Å². The molecule has 1 rings (SSSR count). The van der Waals surface area contributed by atoms with Gasteiger partial charge in [-0.1, -0.05) is 0 Å². The van der Waals surface area contributed by atoms with Crippen LogP contribution in [0.4, 0.5) is 0 Å². The SMILES string of the molecule is COC(=O)C(C)(CCCN1CCCC(OC)C1)NC(C)C. The number of rotatable bonds is 8. The number of nitrogens with one attached hydrogen (secondary N) is 1. The van der Waals surface area contributed by atoms with Crippen LogP contribution in [0, 0.1) is 0 Å². The van der Waals surface area contributed by atoms with Crippen molar-refractivity contribution in [3.05, 3.63) is 0 Å². The number of ether oxygens (including phenoxy) is 2. The topological polar surface area (TPSA) is 50.8 Å². The predicted octanol–water partition coefficient (Wildman–Crippen LogP) is 1.81. The smallest absolute Gasteiger partial charge is 0.325 e. The molecule has 0 saturated carbocycles. The van der Waals surface area contributed by atoms with Crippen LogP contribution in [-0.2, 0) is 14.3 Å². The van der Waals surface area contributed by atoms with Gasteiger partial charge in [0.15, 0.2) is 0 Å². The summed E-state index contributed by atoms with van der Waals surface area (Å²) in [6.07, 6.45) is 4.46. The Labute approximate surface area is 129 Å². The lowest BCUT2D eigenvalue weighted by Gasteiger charge is -2.34. The number of hydrogen-bond donors (Lipinski definition) is 1. The Morgan fingerprint density at radius 3 is 2.71 bits per heavy atom. The molecule has 0 aliphatic carbocycles. The second-order valence-electron chi connectivity index (χ2n) is 6.53.